The summed E-state index contributed by atoms with van der Waals surface area (Å²) in [6.07, 6.45) is 3.83. The van der Waals surface area contributed by atoms with E-state index in [0.717, 1.165) is 12.6 Å². The Balaban J connectivity index is 2.48. The fourth-order valence-corrected chi connectivity index (χ4v) is 2.99. The molecule has 1 heterocycles. The number of rotatable bonds is 6. The Bertz CT molecular complexity index is 200. The molecule has 3 nitrogen and oxygen atoms in total. The summed E-state index contributed by atoms with van der Waals surface area (Å²) in [5.41, 5.74) is 5.96. The van der Waals surface area contributed by atoms with E-state index >= 15 is 0 Å². The zero-order valence-electron chi connectivity index (χ0n) is 12.2. The van der Waals surface area contributed by atoms with Crippen molar-refractivity contribution in [3.63, 3.8) is 0 Å². The zero-order chi connectivity index (χ0) is 12.8. The van der Waals surface area contributed by atoms with Gasteiger partial charge >= 0.3 is 0 Å². The van der Waals surface area contributed by atoms with E-state index in [1.807, 2.05) is 0 Å². The van der Waals surface area contributed by atoms with E-state index in [1.54, 1.807) is 0 Å². The summed E-state index contributed by atoms with van der Waals surface area (Å²) >= 11 is 0. The van der Waals surface area contributed by atoms with Crippen molar-refractivity contribution in [1.29, 1.82) is 0 Å². The van der Waals surface area contributed by atoms with Gasteiger partial charge in [-0.15, -0.1) is 0 Å². The second kappa shape index (κ2) is 7.34. The van der Waals surface area contributed by atoms with E-state index in [9.17, 15) is 0 Å². The van der Waals surface area contributed by atoms with Gasteiger partial charge in [-0.2, -0.15) is 0 Å². The van der Waals surface area contributed by atoms with Crippen LogP contribution in [-0.4, -0.2) is 55.1 Å². The second-order valence-corrected chi connectivity index (χ2v) is 5.52. The van der Waals surface area contributed by atoms with Crippen molar-refractivity contribution in [1.82, 2.24) is 9.80 Å². The van der Waals surface area contributed by atoms with Crippen molar-refractivity contribution in [2.75, 3.05) is 33.2 Å². The molecule has 3 heteroatoms. The van der Waals surface area contributed by atoms with Gasteiger partial charge in [0.15, 0.2) is 0 Å². The average molecular weight is 241 g/mol. The van der Waals surface area contributed by atoms with Crippen LogP contribution in [-0.2, 0) is 0 Å². The lowest BCUT2D eigenvalue weighted by molar-refractivity contribution is 0.0783. The molecule has 0 amide bonds. The summed E-state index contributed by atoms with van der Waals surface area (Å²) < 4.78 is 0. The molecular weight excluding hydrogens is 210 g/mol. The van der Waals surface area contributed by atoms with Crippen LogP contribution in [0, 0.1) is 5.92 Å². The summed E-state index contributed by atoms with van der Waals surface area (Å²) in [6.45, 7) is 11.3. The van der Waals surface area contributed by atoms with Crippen LogP contribution in [0.4, 0.5) is 0 Å². The largest absolute Gasteiger partial charge is 0.329 e. The van der Waals surface area contributed by atoms with Crippen LogP contribution >= 0.6 is 0 Å². The highest BCUT2D eigenvalue weighted by Gasteiger charge is 2.28. The fraction of sp³-hybridized carbons (Fsp3) is 1.00. The molecule has 17 heavy (non-hydrogen) atoms. The molecule has 1 rings (SSSR count). The van der Waals surface area contributed by atoms with E-state index in [0.29, 0.717) is 12.0 Å². The molecule has 2 unspecified atom stereocenters. The number of likely N-dealkylation sites (tertiary alicyclic amines) is 1. The van der Waals surface area contributed by atoms with Gasteiger partial charge in [0.2, 0.25) is 0 Å². The van der Waals surface area contributed by atoms with E-state index in [1.165, 1.54) is 38.9 Å². The zero-order valence-corrected chi connectivity index (χ0v) is 12.2. The van der Waals surface area contributed by atoms with Crippen LogP contribution in [0.1, 0.15) is 40.0 Å². The maximum absolute atomic E-state index is 5.96. The Kier molecular flexibility index (Phi) is 6.45. The number of piperidine rings is 1. The first kappa shape index (κ1) is 14.9. The molecule has 1 saturated heterocycles. The molecule has 0 radical (unpaired) electrons. The normalized spacial score (nSPS) is 22.9. The number of likely N-dealkylation sites (N-methyl/N-ethyl adjacent to an activating group) is 1. The Morgan fingerprint density at radius 1 is 1.29 bits per heavy atom. The molecule has 1 aliphatic rings. The minimum atomic E-state index is 0.554. The molecular formula is C14H31N3. The van der Waals surface area contributed by atoms with Gasteiger partial charge in [-0.05, 0) is 45.4 Å². The lowest BCUT2D eigenvalue weighted by Gasteiger charge is -2.41. The van der Waals surface area contributed by atoms with Gasteiger partial charge in [-0.3, -0.25) is 4.90 Å². The summed E-state index contributed by atoms with van der Waals surface area (Å²) in [7, 11) is 2.27. The Hall–Kier alpha value is -0.120. The molecule has 1 fully saturated rings. The topological polar surface area (TPSA) is 32.5 Å². The average Bonchev–Trinajstić information content (AvgIpc) is 2.39. The van der Waals surface area contributed by atoms with Gasteiger partial charge in [0, 0.05) is 18.6 Å². The standard InChI is InChI=1S/C14H31N3/c1-5-12(3)14(11-15)16(4)13-7-9-17(6-2)10-8-13/h12-14H,5-11,15H2,1-4H3. The van der Waals surface area contributed by atoms with Crippen molar-refractivity contribution in [2.24, 2.45) is 11.7 Å². The van der Waals surface area contributed by atoms with Gasteiger partial charge in [0.05, 0.1) is 0 Å². The predicted molar refractivity (Wildman–Crippen MR) is 75.2 cm³/mol. The first-order valence-corrected chi connectivity index (χ1v) is 7.28. The van der Waals surface area contributed by atoms with Crippen molar-refractivity contribution in [2.45, 2.75) is 52.1 Å². The SMILES string of the molecule is CCC(C)C(CN)N(C)C1CCN(CC)CC1. The third-order valence-electron chi connectivity index (χ3n) is 4.65. The molecule has 0 bridgehead atoms. The quantitative estimate of drug-likeness (QED) is 0.769. The summed E-state index contributed by atoms with van der Waals surface area (Å²) in [4.78, 5) is 5.10. The van der Waals surface area contributed by atoms with E-state index in [2.05, 4.69) is 37.6 Å². The minimum absolute atomic E-state index is 0.554. The monoisotopic (exact) mass is 241 g/mol. The van der Waals surface area contributed by atoms with Crippen LogP contribution in [0.25, 0.3) is 0 Å². The maximum Gasteiger partial charge on any atom is 0.0243 e. The van der Waals surface area contributed by atoms with Crippen LogP contribution in [0.3, 0.4) is 0 Å². The highest BCUT2D eigenvalue weighted by Crippen LogP contribution is 2.21. The van der Waals surface area contributed by atoms with E-state index < -0.39 is 0 Å². The van der Waals surface area contributed by atoms with Crippen LogP contribution in [0.2, 0.25) is 0 Å². The van der Waals surface area contributed by atoms with Crippen LogP contribution in [0.5, 0.6) is 0 Å². The lowest BCUT2D eigenvalue weighted by atomic mass is 9.94. The van der Waals surface area contributed by atoms with Crippen LogP contribution < -0.4 is 5.73 Å². The summed E-state index contributed by atoms with van der Waals surface area (Å²) in [5.74, 6) is 0.703. The van der Waals surface area contributed by atoms with E-state index in [4.69, 9.17) is 5.73 Å². The number of nitrogens with two attached hydrogens (primary N) is 1. The molecule has 102 valence electrons. The highest BCUT2D eigenvalue weighted by atomic mass is 15.2. The van der Waals surface area contributed by atoms with Crippen LogP contribution in [0.15, 0.2) is 0 Å². The van der Waals surface area contributed by atoms with Crippen molar-refractivity contribution >= 4 is 0 Å². The smallest absolute Gasteiger partial charge is 0.0243 e. The molecule has 1 aliphatic heterocycles. The Labute approximate surface area is 107 Å². The molecule has 0 saturated carbocycles. The van der Waals surface area contributed by atoms with Gasteiger partial charge in [0.1, 0.15) is 0 Å². The van der Waals surface area contributed by atoms with Gasteiger partial charge in [-0.1, -0.05) is 27.2 Å². The minimum Gasteiger partial charge on any atom is -0.329 e. The second-order valence-electron chi connectivity index (χ2n) is 5.52. The first-order valence-electron chi connectivity index (χ1n) is 7.28. The summed E-state index contributed by atoms with van der Waals surface area (Å²) in [6, 6.07) is 1.29. The lowest BCUT2D eigenvalue weighted by Crippen LogP contribution is -2.51. The molecule has 0 aromatic rings. The third-order valence-corrected chi connectivity index (χ3v) is 4.65. The molecule has 0 spiro atoms. The molecule has 0 aliphatic carbocycles. The fourth-order valence-electron chi connectivity index (χ4n) is 2.99. The molecule has 0 aromatic carbocycles. The Morgan fingerprint density at radius 3 is 2.29 bits per heavy atom. The third kappa shape index (κ3) is 3.94. The molecule has 2 atom stereocenters. The predicted octanol–water partition coefficient (Wildman–Crippen LogP) is 1.78. The highest BCUT2D eigenvalue weighted by molar-refractivity contribution is 4.84. The van der Waals surface area contributed by atoms with Gasteiger partial charge in [0.25, 0.3) is 0 Å². The van der Waals surface area contributed by atoms with E-state index in [-0.39, 0.29) is 0 Å². The number of nitrogens with zero attached hydrogens (tertiary/aromatic N) is 2. The summed E-state index contributed by atoms with van der Waals surface area (Å²) in [5, 5.41) is 0. The van der Waals surface area contributed by atoms with Crippen molar-refractivity contribution in [3.8, 4) is 0 Å². The number of hydrogen-bond acceptors (Lipinski definition) is 3. The van der Waals surface area contributed by atoms with Crippen molar-refractivity contribution in [3.05, 3.63) is 0 Å². The van der Waals surface area contributed by atoms with Gasteiger partial charge in [-0.25, -0.2) is 0 Å². The maximum atomic E-state index is 5.96. The molecule has 0 aromatic heterocycles. The van der Waals surface area contributed by atoms with Gasteiger partial charge < -0.3 is 10.6 Å². The number of hydrogen-bond donors (Lipinski definition) is 1. The first-order chi connectivity index (χ1) is 8.13. The van der Waals surface area contributed by atoms with Crippen molar-refractivity contribution < 1.29 is 0 Å². The Morgan fingerprint density at radius 2 is 1.88 bits per heavy atom. The molecule has 2 N–H and O–H groups in total.